The van der Waals surface area contributed by atoms with Gasteiger partial charge in [0.1, 0.15) is 5.75 Å². The van der Waals surface area contributed by atoms with Gasteiger partial charge < -0.3 is 4.74 Å². The van der Waals surface area contributed by atoms with Gasteiger partial charge in [-0.2, -0.15) is 5.26 Å². The Balaban J connectivity index is 2.18. The summed E-state index contributed by atoms with van der Waals surface area (Å²) in [5, 5.41) is 9.23. The molecule has 0 spiro atoms. The van der Waals surface area contributed by atoms with Crippen LogP contribution < -0.4 is 4.74 Å². The summed E-state index contributed by atoms with van der Waals surface area (Å²) < 4.78 is 5.83. The quantitative estimate of drug-likeness (QED) is 0.610. The molecule has 0 aromatic heterocycles. The number of carbonyl (C=O) groups is 1. The highest BCUT2D eigenvalue weighted by Gasteiger charge is 2.11. The van der Waals surface area contributed by atoms with Gasteiger partial charge in [-0.1, -0.05) is 11.6 Å². The van der Waals surface area contributed by atoms with E-state index in [9.17, 15) is 4.79 Å². The van der Waals surface area contributed by atoms with Gasteiger partial charge in [0, 0.05) is 5.02 Å². The molecular formula is C14H7BrClNO2. The molecule has 0 aliphatic rings. The van der Waals surface area contributed by atoms with E-state index in [1.54, 1.807) is 42.5 Å². The number of ether oxygens (including phenoxy) is 1. The molecule has 3 nitrogen and oxygen atoms in total. The van der Waals surface area contributed by atoms with Crippen molar-refractivity contribution in [1.29, 1.82) is 5.26 Å². The molecule has 2 rings (SSSR count). The van der Waals surface area contributed by atoms with Crippen molar-refractivity contribution >= 4 is 33.5 Å². The average Bonchev–Trinajstić information content (AvgIpc) is 2.42. The second-order valence-electron chi connectivity index (χ2n) is 3.65. The summed E-state index contributed by atoms with van der Waals surface area (Å²) in [4.78, 5) is 11.9. The van der Waals surface area contributed by atoms with E-state index >= 15 is 0 Å². The number of halogens is 2. The fourth-order valence-corrected chi connectivity index (χ4v) is 2.16. The Kier molecular flexibility index (Phi) is 4.20. The normalized spacial score (nSPS) is 9.74. The van der Waals surface area contributed by atoms with E-state index in [0.717, 1.165) is 0 Å². The second kappa shape index (κ2) is 5.87. The standard InChI is InChI=1S/C14H7BrClNO2/c15-12-7-11(16)5-6-13(12)19-14(18)10-3-1-9(8-17)2-4-10/h1-7H. The molecule has 2 aromatic rings. The van der Waals surface area contributed by atoms with Crippen molar-refractivity contribution in [2.24, 2.45) is 0 Å². The molecule has 94 valence electrons. The Morgan fingerprint density at radius 3 is 2.47 bits per heavy atom. The fourth-order valence-electron chi connectivity index (χ4n) is 1.40. The smallest absolute Gasteiger partial charge is 0.343 e. The molecule has 0 heterocycles. The lowest BCUT2D eigenvalue weighted by molar-refractivity contribution is 0.0733. The third-order valence-corrected chi connectivity index (χ3v) is 3.20. The number of rotatable bonds is 2. The summed E-state index contributed by atoms with van der Waals surface area (Å²) in [6.07, 6.45) is 0. The zero-order valence-electron chi connectivity index (χ0n) is 9.56. The minimum absolute atomic E-state index is 0.376. The summed E-state index contributed by atoms with van der Waals surface area (Å²) in [5.41, 5.74) is 0.866. The highest BCUT2D eigenvalue weighted by molar-refractivity contribution is 9.10. The summed E-state index contributed by atoms with van der Waals surface area (Å²) in [6, 6.07) is 13.1. The zero-order chi connectivity index (χ0) is 13.8. The fraction of sp³-hybridized carbons (Fsp3) is 0. The maximum Gasteiger partial charge on any atom is 0.343 e. The van der Waals surface area contributed by atoms with Crippen molar-refractivity contribution < 1.29 is 9.53 Å². The van der Waals surface area contributed by atoms with Crippen molar-refractivity contribution in [3.05, 3.63) is 63.1 Å². The van der Waals surface area contributed by atoms with Gasteiger partial charge in [0.25, 0.3) is 0 Å². The van der Waals surface area contributed by atoms with E-state index in [1.165, 1.54) is 0 Å². The van der Waals surface area contributed by atoms with Crippen LogP contribution >= 0.6 is 27.5 Å². The molecule has 0 amide bonds. The monoisotopic (exact) mass is 335 g/mol. The molecule has 0 unspecified atom stereocenters. The van der Waals surface area contributed by atoms with Gasteiger partial charge in [-0.3, -0.25) is 0 Å². The maximum absolute atomic E-state index is 11.9. The van der Waals surface area contributed by atoms with Crippen molar-refractivity contribution in [3.8, 4) is 11.8 Å². The van der Waals surface area contributed by atoms with E-state index < -0.39 is 5.97 Å². The first-order chi connectivity index (χ1) is 9.10. The van der Waals surface area contributed by atoms with Gasteiger partial charge in [0.2, 0.25) is 0 Å². The molecule has 2 aromatic carbocycles. The number of benzene rings is 2. The molecule has 0 fully saturated rings. The number of nitriles is 1. The molecule has 0 radical (unpaired) electrons. The van der Waals surface area contributed by atoms with Crippen LogP contribution in [0.25, 0.3) is 0 Å². The Morgan fingerprint density at radius 1 is 1.21 bits per heavy atom. The van der Waals surface area contributed by atoms with E-state index in [2.05, 4.69) is 15.9 Å². The Bertz CT molecular complexity index is 662. The summed E-state index contributed by atoms with van der Waals surface area (Å²) in [5.74, 6) is -0.105. The number of esters is 1. The van der Waals surface area contributed by atoms with Crippen LogP contribution in [0.2, 0.25) is 5.02 Å². The van der Waals surface area contributed by atoms with Crippen LogP contribution in [0.1, 0.15) is 15.9 Å². The van der Waals surface area contributed by atoms with Crippen LogP contribution in [0.4, 0.5) is 0 Å². The topological polar surface area (TPSA) is 50.1 Å². The lowest BCUT2D eigenvalue weighted by Gasteiger charge is -2.06. The molecule has 0 N–H and O–H groups in total. The lowest BCUT2D eigenvalue weighted by Crippen LogP contribution is -2.08. The first kappa shape index (κ1) is 13.6. The number of carbonyl (C=O) groups excluding carboxylic acids is 1. The minimum atomic E-state index is -0.493. The van der Waals surface area contributed by atoms with Crippen molar-refractivity contribution in [1.82, 2.24) is 0 Å². The van der Waals surface area contributed by atoms with Crippen LogP contribution in [0.15, 0.2) is 46.9 Å². The Labute approximate surface area is 123 Å². The number of hydrogen-bond donors (Lipinski definition) is 0. The predicted octanol–water partition coefficient (Wildman–Crippen LogP) is 4.19. The maximum atomic E-state index is 11.9. The average molecular weight is 337 g/mol. The second-order valence-corrected chi connectivity index (χ2v) is 4.94. The van der Waals surface area contributed by atoms with Crippen LogP contribution in [0, 0.1) is 11.3 Å². The number of nitrogens with zero attached hydrogens (tertiary/aromatic N) is 1. The van der Waals surface area contributed by atoms with E-state index in [4.69, 9.17) is 21.6 Å². The molecule has 5 heteroatoms. The summed E-state index contributed by atoms with van der Waals surface area (Å²) in [7, 11) is 0. The highest BCUT2D eigenvalue weighted by Crippen LogP contribution is 2.28. The van der Waals surface area contributed by atoms with Gasteiger partial charge in [-0.15, -0.1) is 0 Å². The molecule has 0 atom stereocenters. The van der Waals surface area contributed by atoms with Crippen LogP contribution in [0.5, 0.6) is 5.75 Å². The summed E-state index contributed by atoms with van der Waals surface area (Å²) in [6.45, 7) is 0. The van der Waals surface area contributed by atoms with Gasteiger partial charge in [0.05, 0.1) is 21.7 Å². The first-order valence-electron chi connectivity index (χ1n) is 5.27. The van der Waals surface area contributed by atoms with Crippen molar-refractivity contribution in [3.63, 3.8) is 0 Å². The molecule has 19 heavy (non-hydrogen) atoms. The van der Waals surface area contributed by atoms with Gasteiger partial charge in [-0.25, -0.2) is 4.79 Å². The third kappa shape index (κ3) is 3.34. The van der Waals surface area contributed by atoms with Crippen molar-refractivity contribution in [2.75, 3.05) is 0 Å². The molecule has 0 saturated carbocycles. The van der Waals surface area contributed by atoms with Gasteiger partial charge in [-0.05, 0) is 58.4 Å². The van der Waals surface area contributed by atoms with E-state index in [1.807, 2.05) is 6.07 Å². The third-order valence-electron chi connectivity index (χ3n) is 2.35. The van der Waals surface area contributed by atoms with Crippen molar-refractivity contribution in [2.45, 2.75) is 0 Å². The van der Waals surface area contributed by atoms with Gasteiger partial charge >= 0.3 is 5.97 Å². The Morgan fingerprint density at radius 2 is 1.89 bits per heavy atom. The first-order valence-corrected chi connectivity index (χ1v) is 6.44. The SMILES string of the molecule is N#Cc1ccc(C(=O)Oc2ccc(Cl)cc2Br)cc1. The highest BCUT2D eigenvalue weighted by atomic mass is 79.9. The Hall–Kier alpha value is -1.83. The predicted molar refractivity (Wildman–Crippen MR) is 75.3 cm³/mol. The largest absolute Gasteiger partial charge is 0.422 e. The minimum Gasteiger partial charge on any atom is -0.422 e. The van der Waals surface area contributed by atoms with Crippen LogP contribution in [-0.4, -0.2) is 5.97 Å². The molecule has 0 bridgehead atoms. The zero-order valence-corrected chi connectivity index (χ0v) is 11.9. The molecule has 0 saturated heterocycles. The van der Waals surface area contributed by atoms with Crippen LogP contribution in [-0.2, 0) is 0 Å². The van der Waals surface area contributed by atoms with Gasteiger partial charge in [0.15, 0.2) is 0 Å². The van der Waals surface area contributed by atoms with E-state index in [-0.39, 0.29) is 0 Å². The molecular weight excluding hydrogens is 330 g/mol. The lowest BCUT2D eigenvalue weighted by atomic mass is 10.1. The van der Waals surface area contributed by atoms with Crippen LogP contribution in [0.3, 0.4) is 0 Å². The van der Waals surface area contributed by atoms with E-state index in [0.29, 0.717) is 26.4 Å². The number of hydrogen-bond acceptors (Lipinski definition) is 3. The molecule has 0 aliphatic carbocycles. The molecule has 0 aliphatic heterocycles. The summed E-state index contributed by atoms with van der Waals surface area (Å²) >= 11 is 9.07.